The van der Waals surface area contributed by atoms with E-state index in [2.05, 4.69) is 5.32 Å². The topological polar surface area (TPSA) is 64.3 Å². The standard InChI is InChI=1S/C12H18N2O2/c1-8-4-5-9(2)10(6-8)14-12(15)11(7-13)16-3/h4-6,11H,7,13H2,1-3H3,(H,14,15). The lowest BCUT2D eigenvalue weighted by Crippen LogP contribution is -2.36. The second-order valence-corrected chi connectivity index (χ2v) is 3.77. The average Bonchev–Trinajstić information content (AvgIpc) is 2.25. The number of hydrogen-bond acceptors (Lipinski definition) is 3. The number of nitrogens with two attached hydrogens (primary N) is 1. The number of amides is 1. The minimum atomic E-state index is -0.597. The molecule has 0 bridgehead atoms. The zero-order valence-corrected chi connectivity index (χ0v) is 9.91. The summed E-state index contributed by atoms with van der Waals surface area (Å²) < 4.78 is 4.97. The number of methoxy groups -OCH3 is 1. The Labute approximate surface area is 95.8 Å². The first-order valence-electron chi connectivity index (χ1n) is 5.19. The van der Waals surface area contributed by atoms with Gasteiger partial charge in [-0.3, -0.25) is 4.79 Å². The Morgan fingerprint density at radius 3 is 2.75 bits per heavy atom. The van der Waals surface area contributed by atoms with Crippen molar-refractivity contribution in [1.82, 2.24) is 0 Å². The molecule has 4 nitrogen and oxygen atoms in total. The Morgan fingerprint density at radius 1 is 1.50 bits per heavy atom. The number of carbonyl (C=O) groups is 1. The van der Waals surface area contributed by atoms with E-state index < -0.39 is 6.10 Å². The summed E-state index contributed by atoms with van der Waals surface area (Å²) in [5, 5.41) is 2.81. The highest BCUT2D eigenvalue weighted by atomic mass is 16.5. The molecule has 0 aromatic heterocycles. The fraction of sp³-hybridized carbons (Fsp3) is 0.417. The van der Waals surface area contributed by atoms with Gasteiger partial charge in [0.2, 0.25) is 0 Å². The van der Waals surface area contributed by atoms with Crippen molar-refractivity contribution in [2.45, 2.75) is 20.0 Å². The van der Waals surface area contributed by atoms with Gasteiger partial charge in [-0.25, -0.2) is 0 Å². The van der Waals surface area contributed by atoms with Crippen LogP contribution in [0.2, 0.25) is 0 Å². The lowest BCUT2D eigenvalue weighted by Gasteiger charge is -2.14. The summed E-state index contributed by atoms with van der Waals surface area (Å²) in [5.41, 5.74) is 8.34. The number of carbonyl (C=O) groups excluding carboxylic acids is 1. The van der Waals surface area contributed by atoms with Crippen LogP contribution in [0.1, 0.15) is 11.1 Å². The fourth-order valence-electron chi connectivity index (χ4n) is 1.39. The van der Waals surface area contributed by atoms with Gasteiger partial charge >= 0.3 is 0 Å². The molecule has 16 heavy (non-hydrogen) atoms. The van der Waals surface area contributed by atoms with Crippen LogP contribution in [-0.4, -0.2) is 25.7 Å². The van der Waals surface area contributed by atoms with Crippen LogP contribution in [0.15, 0.2) is 18.2 Å². The van der Waals surface area contributed by atoms with Crippen molar-refractivity contribution in [3.05, 3.63) is 29.3 Å². The minimum Gasteiger partial charge on any atom is -0.370 e. The third kappa shape index (κ3) is 3.05. The quantitative estimate of drug-likeness (QED) is 0.805. The molecule has 0 saturated heterocycles. The van der Waals surface area contributed by atoms with Crippen LogP contribution >= 0.6 is 0 Å². The van der Waals surface area contributed by atoms with Gasteiger partial charge in [0.1, 0.15) is 6.10 Å². The molecule has 88 valence electrons. The molecule has 0 radical (unpaired) electrons. The van der Waals surface area contributed by atoms with Crippen LogP contribution in [0.4, 0.5) is 5.69 Å². The molecule has 0 aliphatic carbocycles. The van der Waals surface area contributed by atoms with E-state index in [0.717, 1.165) is 16.8 Å². The zero-order chi connectivity index (χ0) is 12.1. The van der Waals surface area contributed by atoms with Crippen molar-refractivity contribution in [3.8, 4) is 0 Å². The lowest BCUT2D eigenvalue weighted by atomic mass is 10.1. The number of ether oxygens (including phenoxy) is 1. The van der Waals surface area contributed by atoms with Gasteiger partial charge in [0.15, 0.2) is 0 Å². The SMILES string of the molecule is COC(CN)C(=O)Nc1cc(C)ccc1C. The van der Waals surface area contributed by atoms with E-state index in [1.54, 1.807) is 0 Å². The molecule has 0 saturated carbocycles. The molecule has 4 heteroatoms. The second-order valence-electron chi connectivity index (χ2n) is 3.77. The summed E-state index contributed by atoms with van der Waals surface area (Å²) >= 11 is 0. The number of hydrogen-bond donors (Lipinski definition) is 2. The maximum absolute atomic E-state index is 11.7. The summed E-state index contributed by atoms with van der Waals surface area (Å²) in [4.78, 5) is 11.7. The summed E-state index contributed by atoms with van der Waals surface area (Å²) in [6.45, 7) is 4.10. The molecule has 3 N–H and O–H groups in total. The molecule has 1 amide bonds. The van der Waals surface area contributed by atoms with Gasteiger partial charge in [-0.15, -0.1) is 0 Å². The molecule has 1 aromatic rings. The average molecular weight is 222 g/mol. The van der Waals surface area contributed by atoms with Gasteiger partial charge in [0.05, 0.1) is 0 Å². The van der Waals surface area contributed by atoms with Gasteiger partial charge in [-0.2, -0.15) is 0 Å². The Kier molecular flexibility index (Phi) is 4.46. The Bertz CT molecular complexity index is 373. The van der Waals surface area contributed by atoms with E-state index in [4.69, 9.17) is 10.5 Å². The van der Waals surface area contributed by atoms with Crippen LogP contribution in [0.25, 0.3) is 0 Å². The highest BCUT2D eigenvalue weighted by molar-refractivity contribution is 5.95. The van der Waals surface area contributed by atoms with Gasteiger partial charge in [0, 0.05) is 19.3 Å². The number of rotatable bonds is 4. The van der Waals surface area contributed by atoms with Crippen LogP contribution in [0.5, 0.6) is 0 Å². The first-order valence-corrected chi connectivity index (χ1v) is 5.19. The lowest BCUT2D eigenvalue weighted by molar-refractivity contribution is -0.125. The van der Waals surface area contributed by atoms with E-state index in [0.29, 0.717) is 0 Å². The summed E-state index contributed by atoms with van der Waals surface area (Å²) in [6.07, 6.45) is -0.597. The van der Waals surface area contributed by atoms with Crippen LogP contribution in [0, 0.1) is 13.8 Å². The Morgan fingerprint density at radius 2 is 2.19 bits per heavy atom. The van der Waals surface area contributed by atoms with Crippen molar-refractivity contribution < 1.29 is 9.53 Å². The maximum atomic E-state index is 11.7. The van der Waals surface area contributed by atoms with E-state index in [9.17, 15) is 4.79 Å². The first kappa shape index (κ1) is 12.7. The van der Waals surface area contributed by atoms with E-state index >= 15 is 0 Å². The van der Waals surface area contributed by atoms with Gasteiger partial charge in [0.25, 0.3) is 5.91 Å². The van der Waals surface area contributed by atoms with Gasteiger partial charge in [-0.05, 0) is 31.0 Å². The van der Waals surface area contributed by atoms with Crippen molar-refractivity contribution >= 4 is 11.6 Å². The van der Waals surface area contributed by atoms with Crippen molar-refractivity contribution in [2.75, 3.05) is 19.0 Å². The molecule has 1 unspecified atom stereocenters. The fourth-order valence-corrected chi connectivity index (χ4v) is 1.39. The highest BCUT2D eigenvalue weighted by Crippen LogP contribution is 2.16. The molecule has 0 aliphatic heterocycles. The molecule has 1 aromatic carbocycles. The van der Waals surface area contributed by atoms with Crippen LogP contribution in [-0.2, 0) is 9.53 Å². The monoisotopic (exact) mass is 222 g/mol. The largest absolute Gasteiger partial charge is 0.370 e. The Hall–Kier alpha value is -1.39. The number of nitrogens with one attached hydrogen (secondary N) is 1. The highest BCUT2D eigenvalue weighted by Gasteiger charge is 2.16. The summed E-state index contributed by atoms with van der Waals surface area (Å²) in [7, 11) is 1.47. The minimum absolute atomic E-state index is 0.174. The predicted octanol–water partition coefficient (Wildman–Crippen LogP) is 1.22. The third-order valence-corrected chi connectivity index (χ3v) is 2.44. The predicted molar refractivity (Wildman–Crippen MR) is 64.4 cm³/mol. The first-order chi connectivity index (χ1) is 7.58. The van der Waals surface area contributed by atoms with Crippen LogP contribution in [0.3, 0.4) is 0 Å². The molecular formula is C12H18N2O2. The normalized spacial score (nSPS) is 12.2. The molecular weight excluding hydrogens is 204 g/mol. The van der Waals surface area contributed by atoms with Crippen molar-refractivity contribution in [2.24, 2.45) is 5.73 Å². The summed E-state index contributed by atoms with van der Waals surface area (Å²) in [6, 6.07) is 5.90. The Balaban J connectivity index is 2.80. The van der Waals surface area contributed by atoms with E-state index in [1.807, 2.05) is 32.0 Å². The molecule has 1 atom stereocenters. The van der Waals surface area contributed by atoms with Crippen molar-refractivity contribution in [3.63, 3.8) is 0 Å². The van der Waals surface area contributed by atoms with E-state index in [1.165, 1.54) is 7.11 Å². The molecule has 1 rings (SSSR count). The number of benzene rings is 1. The molecule has 0 spiro atoms. The third-order valence-electron chi connectivity index (χ3n) is 2.44. The zero-order valence-electron chi connectivity index (χ0n) is 9.91. The van der Waals surface area contributed by atoms with Gasteiger partial charge in [-0.1, -0.05) is 12.1 Å². The smallest absolute Gasteiger partial charge is 0.254 e. The van der Waals surface area contributed by atoms with Crippen LogP contribution < -0.4 is 11.1 Å². The number of aryl methyl sites for hydroxylation is 2. The molecule has 0 aliphatic rings. The second kappa shape index (κ2) is 5.63. The van der Waals surface area contributed by atoms with Crippen molar-refractivity contribution in [1.29, 1.82) is 0 Å². The summed E-state index contributed by atoms with van der Waals surface area (Å²) in [5.74, 6) is -0.210. The molecule has 0 fully saturated rings. The van der Waals surface area contributed by atoms with E-state index in [-0.39, 0.29) is 12.5 Å². The molecule has 0 heterocycles. The maximum Gasteiger partial charge on any atom is 0.254 e. The van der Waals surface area contributed by atoms with Gasteiger partial charge < -0.3 is 15.8 Å². The number of anilines is 1.